The van der Waals surface area contributed by atoms with Crippen molar-refractivity contribution >= 4 is 21.9 Å². The summed E-state index contributed by atoms with van der Waals surface area (Å²) in [4.78, 5) is 23.9. The van der Waals surface area contributed by atoms with Crippen LogP contribution in [0.25, 0.3) is 0 Å². The highest BCUT2D eigenvalue weighted by atomic mass is 32.2. The predicted octanol–water partition coefficient (Wildman–Crippen LogP) is -0.481. The lowest BCUT2D eigenvalue weighted by atomic mass is 10.1. The number of nitrogens with zero attached hydrogens (tertiary/aromatic N) is 1. The van der Waals surface area contributed by atoms with E-state index in [0.717, 1.165) is 11.3 Å². The summed E-state index contributed by atoms with van der Waals surface area (Å²) in [5, 5.41) is 13.1. The van der Waals surface area contributed by atoms with Crippen molar-refractivity contribution in [2.45, 2.75) is 43.9 Å². The molecule has 0 aliphatic carbocycles. The molecule has 0 spiro atoms. The zero-order valence-corrected chi connectivity index (χ0v) is 11.0. The van der Waals surface area contributed by atoms with Crippen LogP contribution in [0.2, 0.25) is 0 Å². The van der Waals surface area contributed by atoms with Gasteiger partial charge in [-0.05, 0) is 6.42 Å². The third-order valence-electron chi connectivity index (χ3n) is 3.08. The van der Waals surface area contributed by atoms with E-state index < -0.39 is 33.2 Å². The van der Waals surface area contributed by atoms with Crippen LogP contribution >= 0.6 is 0 Å². The first-order chi connectivity index (χ1) is 8.27. The Labute approximate surface area is 106 Å². The summed E-state index contributed by atoms with van der Waals surface area (Å²) in [6.45, 7) is 1.79. The minimum atomic E-state index is -3.80. The predicted molar refractivity (Wildman–Crippen MR) is 64.2 cm³/mol. The third-order valence-corrected chi connectivity index (χ3v) is 4.32. The number of carbonyl (C=O) groups excluding carboxylic acids is 1. The summed E-state index contributed by atoms with van der Waals surface area (Å²) in [6, 6.07) is -0.954. The van der Waals surface area contributed by atoms with E-state index in [1.165, 1.54) is 0 Å². The molecule has 18 heavy (non-hydrogen) atoms. The molecule has 1 fully saturated rings. The van der Waals surface area contributed by atoms with E-state index in [1.54, 1.807) is 0 Å². The molecule has 0 saturated carbocycles. The molecule has 1 aliphatic heterocycles. The summed E-state index contributed by atoms with van der Waals surface area (Å²) in [5.41, 5.74) is 0. The first-order valence-corrected chi connectivity index (χ1v) is 7.42. The van der Waals surface area contributed by atoms with Gasteiger partial charge in [0.2, 0.25) is 15.9 Å². The van der Waals surface area contributed by atoms with E-state index in [9.17, 15) is 18.0 Å². The van der Waals surface area contributed by atoms with Crippen molar-refractivity contribution in [2.75, 3.05) is 6.54 Å². The van der Waals surface area contributed by atoms with Crippen LogP contribution < -0.4 is 5.14 Å². The molecule has 1 aliphatic rings. The van der Waals surface area contributed by atoms with Gasteiger partial charge in [0.05, 0.1) is 0 Å². The van der Waals surface area contributed by atoms with Gasteiger partial charge in [-0.3, -0.25) is 4.79 Å². The van der Waals surface area contributed by atoms with E-state index in [0.29, 0.717) is 12.8 Å². The van der Waals surface area contributed by atoms with Crippen LogP contribution in [-0.2, 0) is 19.6 Å². The zero-order valence-electron chi connectivity index (χ0n) is 10.2. The number of carbonyl (C=O) groups is 2. The number of rotatable bonds is 6. The monoisotopic (exact) mass is 278 g/mol. The van der Waals surface area contributed by atoms with Gasteiger partial charge in [0.25, 0.3) is 0 Å². The van der Waals surface area contributed by atoms with Crippen molar-refractivity contribution in [2.24, 2.45) is 5.14 Å². The molecule has 0 aromatic carbocycles. The Kier molecular flexibility index (Phi) is 4.69. The van der Waals surface area contributed by atoms with E-state index in [4.69, 9.17) is 10.2 Å². The average molecular weight is 278 g/mol. The number of nitrogens with two attached hydrogens (primary N) is 1. The number of aliphatic carboxylic acids is 1. The Balaban J connectivity index is 2.81. The standard InChI is InChI=1S/C10H18N2O5S/c1-2-3-4-8(10(14)15)12-6-7(5-9(12)13)18(11,16)17/h7-8H,2-6H2,1H3,(H,14,15)(H2,11,16,17)/t7?,8-/m0/s1. The van der Waals surface area contributed by atoms with Crippen LogP contribution in [-0.4, -0.2) is 48.1 Å². The maximum Gasteiger partial charge on any atom is 0.326 e. The summed E-state index contributed by atoms with van der Waals surface area (Å²) in [5.74, 6) is -1.57. The third kappa shape index (κ3) is 3.42. The highest BCUT2D eigenvalue weighted by Crippen LogP contribution is 2.21. The number of hydrogen-bond donors (Lipinski definition) is 2. The topological polar surface area (TPSA) is 118 Å². The van der Waals surface area contributed by atoms with Gasteiger partial charge in [0.1, 0.15) is 11.3 Å². The van der Waals surface area contributed by atoms with Crippen molar-refractivity contribution in [1.82, 2.24) is 4.90 Å². The SMILES string of the molecule is CCCC[C@@H](C(=O)O)N1CC(S(N)(=O)=O)CC1=O. The normalized spacial score (nSPS) is 22.2. The highest BCUT2D eigenvalue weighted by molar-refractivity contribution is 7.89. The fourth-order valence-corrected chi connectivity index (χ4v) is 2.77. The van der Waals surface area contributed by atoms with Gasteiger partial charge < -0.3 is 10.0 Å². The van der Waals surface area contributed by atoms with Crippen molar-refractivity contribution in [1.29, 1.82) is 0 Å². The minimum Gasteiger partial charge on any atom is -0.480 e. The van der Waals surface area contributed by atoms with Gasteiger partial charge in [0, 0.05) is 13.0 Å². The molecule has 0 bridgehead atoms. The lowest BCUT2D eigenvalue weighted by Crippen LogP contribution is -2.43. The molecule has 1 amide bonds. The molecular formula is C10H18N2O5S. The van der Waals surface area contributed by atoms with E-state index in [1.807, 2.05) is 6.92 Å². The second-order valence-corrected chi connectivity index (χ2v) is 6.30. The van der Waals surface area contributed by atoms with Crippen LogP contribution in [0.15, 0.2) is 0 Å². The molecular weight excluding hydrogens is 260 g/mol. The second-order valence-electron chi connectivity index (χ2n) is 4.46. The second kappa shape index (κ2) is 5.66. The number of unbranched alkanes of at least 4 members (excludes halogenated alkanes) is 1. The molecule has 2 atom stereocenters. The minimum absolute atomic E-state index is 0.127. The maximum absolute atomic E-state index is 11.7. The highest BCUT2D eigenvalue weighted by Gasteiger charge is 2.41. The zero-order chi connectivity index (χ0) is 13.9. The molecule has 8 heteroatoms. The molecule has 7 nitrogen and oxygen atoms in total. The van der Waals surface area contributed by atoms with E-state index >= 15 is 0 Å². The number of likely N-dealkylation sites (tertiary alicyclic amines) is 1. The van der Waals surface area contributed by atoms with Gasteiger partial charge >= 0.3 is 5.97 Å². The summed E-state index contributed by atoms with van der Waals surface area (Å²) in [6.07, 6.45) is 1.58. The van der Waals surface area contributed by atoms with Gasteiger partial charge in [-0.15, -0.1) is 0 Å². The van der Waals surface area contributed by atoms with Crippen LogP contribution in [0.5, 0.6) is 0 Å². The molecule has 3 N–H and O–H groups in total. The van der Waals surface area contributed by atoms with Crippen molar-refractivity contribution < 1.29 is 23.1 Å². The number of amides is 1. The Bertz CT molecular complexity index is 434. The van der Waals surface area contributed by atoms with Crippen LogP contribution in [0, 0.1) is 0 Å². The Morgan fingerprint density at radius 2 is 2.22 bits per heavy atom. The first kappa shape index (κ1) is 14.9. The average Bonchev–Trinajstić information content (AvgIpc) is 2.60. The Morgan fingerprint density at radius 1 is 1.61 bits per heavy atom. The Hall–Kier alpha value is -1.15. The molecule has 0 aromatic heterocycles. The van der Waals surface area contributed by atoms with Crippen LogP contribution in [0.3, 0.4) is 0 Å². The number of hydrogen-bond acceptors (Lipinski definition) is 4. The fourth-order valence-electron chi connectivity index (χ4n) is 2.03. The van der Waals surface area contributed by atoms with Crippen LogP contribution in [0.1, 0.15) is 32.6 Å². The van der Waals surface area contributed by atoms with E-state index in [2.05, 4.69) is 0 Å². The molecule has 1 rings (SSSR count). The lowest BCUT2D eigenvalue weighted by Gasteiger charge is -2.24. The number of primary sulfonamides is 1. The largest absolute Gasteiger partial charge is 0.480 e. The molecule has 1 saturated heterocycles. The molecule has 1 heterocycles. The van der Waals surface area contributed by atoms with E-state index in [-0.39, 0.29) is 13.0 Å². The smallest absolute Gasteiger partial charge is 0.326 e. The summed E-state index contributed by atoms with van der Waals surface area (Å²) in [7, 11) is -3.80. The Morgan fingerprint density at radius 3 is 2.61 bits per heavy atom. The van der Waals surface area contributed by atoms with Gasteiger partial charge in [0.15, 0.2) is 0 Å². The number of carboxylic acid groups (broad SMARTS) is 1. The van der Waals surface area contributed by atoms with Crippen molar-refractivity contribution in [3.05, 3.63) is 0 Å². The van der Waals surface area contributed by atoms with Gasteiger partial charge in [-0.25, -0.2) is 18.4 Å². The first-order valence-electron chi connectivity index (χ1n) is 5.81. The van der Waals surface area contributed by atoms with Crippen molar-refractivity contribution in [3.8, 4) is 0 Å². The summed E-state index contributed by atoms with van der Waals surface area (Å²) >= 11 is 0. The van der Waals surface area contributed by atoms with Gasteiger partial charge in [-0.1, -0.05) is 19.8 Å². The number of sulfonamides is 1. The van der Waals surface area contributed by atoms with Crippen LogP contribution in [0.4, 0.5) is 0 Å². The van der Waals surface area contributed by atoms with Crippen molar-refractivity contribution in [3.63, 3.8) is 0 Å². The lowest BCUT2D eigenvalue weighted by molar-refractivity contribution is -0.148. The maximum atomic E-state index is 11.7. The molecule has 0 radical (unpaired) electrons. The quantitative estimate of drug-likeness (QED) is 0.680. The molecule has 1 unspecified atom stereocenters. The van der Waals surface area contributed by atoms with Gasteiger partial charge in [-0.2, -0.15) is 0 Å². The number of carboxylic acids is 1. The summed E-state index contributed by atoms with van der Waals surface area (Å²) < 4.78 is 22.4. The molecule has 104 valence electrons. The fraction of sp³-hybridized carbons (Fsp3) is 0.800. The molecule has 0 aromatic rings.